The number of aryl methyl sites for hydroxylation is 1. The molecule has 0 saturated carbocycles. The van der Waals surface area contributed by atoms with Crippen molar-refractivity contribution in [1.82, 2.24) is 4.90 Å². The smallest absolute Gasteiger partial charge is 0.335 e. The Labute approximate surface area is 232 Å². The number of benzene rings is 3. The predicted molar refractivity (Wildman–Crippen MR) is 151 cm³/mol. The van der Waals surface area contributed by atoms with Gasteiger partial charge < -0.3 is 9.84 Å². The maximum Gasteiger partial charge on any atom is 0.335 e. The lowest BCUT2D eigenvalue weighted by molar-refractivity contribution is 0.0696. The summed E-state index contributed by atoms with van der Waals surface area (Å²) < 4.78 is 19.0. The number of nitrogens with zero attached hydrogens (tertiary/aromatic N) is 1. The second kappa shape index (κ2) is 11.9. The molecule has 4 nitrogen and oxygen atoms in total. The zero-order valence-corrected chi connectivity index (χ0v) is 22.6. The Bertz CT molecular complexity index is 1370. The number of carbonyl (C=O) groups is 1. The zero-order chi connectivity index (χ0) is 26.6. The number of halogens is 3. The summed E-state index contributed by atoms with van der Waals surface area (Å²) in [6, 6.07) is 19.0. The van der Waals surface area contributed by atoms with Crippen molar-refractivity contribution in [3.05, 3.63) is 98.5 Å². The van der Waals surface area contributed by atoms with Gasteiger partial charge in [-0.25, -0.2) is 4.79 Å². The molecule has 1 aliphatic heterocycles. The van der Waals surface area contributed by atoms with Gasteiger partial charge in [-0.05, 0) is 102 Å². The van der Waals surface area contributed by atoms with Gasteiger partial charge in [-0.1, -0.05) is 47.5 Å². The number of carboxylic acids is 1. The molecular formula is C31H30Cl2FNO3. The van der Waals surface area contributed by atoms with Crippen LogP contribution in [0.2, 0.25) is 10.0 Å². The molecule has 0 bridgehead atoms. The van der Waals surface area contributed by atoms with Gasteiger partial charge in [-0.3, -0.25) is 9.29 Å². The molecule has 198 valence electrons. The quantitative estimate of drug-likeness (QED) is 0.309. The molecule has 3 aromatic carbocycles. The first kappa shape index (κ1) is 26.7. The highest BCUT2D eigenvalue weighted by molar-refractivity contribution is 6.36. The Morgan fingerprint density at radius 2 is 1.89 bits per heavy atom. The summed E-state index contributed by atoms with van der Waals surface area (Å²) in [5, 5.41) is 10.8. The number of hydrogen-bond acceptors (Lipinski definition) is 3. The summed E-state index contributed by atoms with van der Waals surface area (Å²) in [6.07, 6.45) is 3.93. The SMILES string of the molecule is O=C(O)c1ccc2c(c1)CCCC(c1ccc(Cl)cc1Cl)=C2c1cccc(O[C@H]2CCN(CCCF)C2)c1. The van der Waals surface area contributed by atoms with Gasteiger partial charge in [0.2, 0.25) is 0 Å². The molecule has 1 N–H and O–H groups in total. The largest absolute Gasteiger partial charge is 0.489 e. The van der Waals surface area contributed by atoms with Crippen LogP contribution < -0.4 is 4.74 Å². The van der Waals surface area contributed by atoms with Crippen LogP contribution in [0.5, 0.6) is 5.75 Å². The van der Waals surface area contributed by atoms with Crippen LogP contribution in [0.25, 0.3) is 11.1 Å². The van der Waals surface area contributed by atoms with E-state index >= 15 is 0 Å². The minimum Gasteiger partial charge on any atom is -0.489 e. The zero-order valence-electron chi connectivity index (χ0n) is 21.1. The lowest BCUT2D eigenvalue weighted by Crippen LogP contribution is -2.26. The molecule has 0 spiro atoms. The summed E-state index contributed by atoms with van der Waals surface area (Å²) in [5.74, 6) is -0.155. The average Bonchev–Trinajstić information content (AvgIpc) is 3.25. The molecule has 1 heterocycles. The Morgan fingerprint density at radius 1 is 1.05 bits per heavy atom. The van der Waals surface area contributed by atoms with E-state index in [0.717, 1.165) is 84.5 Å². The fourth-order valence-corrected chi connectivity index (χ4v) is 6.07. The van der Waals surface area contributed by atoms with E-state index in [1.165, 1.54) is 0 Å². The third-order valence-electron chi connectivity index (χ3n) is 7.32. The van der Waals surface area contributed by atoms with Crippen molar-refractivity contribution >= 4 is 40.3 Å². The van der Waals surface area contributed by atoms with Crippen molar-refractivity contribution in [2.45, 2.75) is 38.2 Å². The Morgan fingerprint density at radius 3 is 2.68 bits per heavy atom. The maximum absolute atomic E-state index is 12.6. The molecule has 1 fully saturated rings. The molecule has 5 rings (SSSR count). The summed E-state index contributed by atoms with van der Waals surface area (Å²) >= 11 is 12.9. The number of alkyl halides is 1. The van der Waals surface area contributed by atoms with E-state index in [4.69, 9.17) is 27.9 Å². The van der Waals surface area contributed by atoms with Gasteiger partial charge in [0.05, 0.1) is 12.2 Å². The number of aromatic carboxylic acids is 1. The second-order valence-corrected chi connectivity index (χ2v) is 10.8. The third-order valence-corrected chi connectivity index (χ3v) is 7.86. The van der Waals surface area contributed by atoms with Crippen molar-refractivity contribution in [2.24, 2.45) is 0 Å². The van der Waals surface area contributed by atoms with E-state index in [1.54, 1.807) is 18.2 Å². The fourth-order valence-electron chi connectivity index (χ4n) is 5.55. The Hall–Kier alpha value is -2.86. The summed E-state index contributed by atoms with van der Waals surface area (Å²) in [5.41, 5.74) is 6.33. The molecule has 0 radical (unpaired) electrons. The summed E-state index contributed by atoms with van der Waals surface area (Å²) in [7, 11) is 0. The third kappa shape index (κ3) is 5.90. The van der Waals surface area contributed by atoms with E-state index in [9.17, 15) is 14.3 Å². The first-order valence-electron chi connectivity index (χ1n) is 13.0. The van der Waals surface area contributed by atoms with Crippen LogP contribution in [0.15, 0.2) is 60.7 Å². The molecule has 2 aliphatic rings. The number of likely N-dealkylation sites (tertiary alicyclic amines) is 1. The summed E-state index contributed by atoms with van der Waals surface area (Å²) in [4.78, 5) is 13.9. The van der Waals surface area contributed by atoms with Crippen molar-refractivity contribution in [3.8, 4) is 5.75 Å². The average molecular weight is 554 g/mol. The molecule has 38 heavy (non-hydrogen) atoms. The van der Waals surface area contributed by atoms with Gasteiger partial charge in [0.1, 0.15) is 11.9 Å². The van der Waals surface area contributed by atoms with Crippen LogP contribution in [0, 0.1) is 0 Å². The van der Waals surface area contributed by atoms with Crippen molar-refractivity contribution < 1.29 is 19.0 Å². The van der Waals surface area contributed by atoms with E-state index in [2.05, 4.69) is 17.0 Å². The van der Waals surface area contributed by atoms with Gasteiger partial charge in [0.25, 0.3) is 0 Å². The number of allylic oxidation sites excluding steroid dienone is 1. The monoisotopic (exact) mass is 553 g/mol. The van der Waals surface area contributed by atoms with Crippen LogP contribution in [-0.4, -0.2) is 48.4 Å². The lowest BCUT2D eigenvalue weighted by atomic mass is 9.87. The first-order valence-corrected chi connectivity index (χ1v) is 13.8. The Balaban J connectivity index is 1.57. The minimum absolute atomic E-state index is 0.0589. The number of fused-ring (bicyclic) bond motifs is 1. The van der Waals surface area contributed by atoms with Gasteiger partial charge in [-0.2, -0.15) is 0 Å². The molecule has 1 atom stereocenters. The molecule has 3 aromatic rings. The van der Waals surface area contributed by atoms with Crippen molar-refractivity contribution in [2.75, 3.05) is 26.3 Å². The van der Waals surface area contributed by atoms with Crippen LogP contribution >= 0.6 is 23.2 Å². The lowest BCUT2D eigenvalue weighted by Gasteiger charge is -2.20. The van der Waals surface area contributed by atoms with E-state index in [1.807, 2.05) is 30.3 Å². The maximum atomic E-state index is 12.6. The molecule has 0 amide bonds. The molecule has 1 saturated heterocycles. The fraction of sp³-hybridized carbons (Fsp3) is 0.323. The molecular weight excluding hydrogens is 524 g/mol. The van der Waals surface area contributed by atoms with Crippen LogP contribution in [0.4, 0.5) is 4.39 Å². The number of carboxylic acid groups (broad SMARTS) is 1. The molecule has 1 aliphatic carbocycles. The van der Waals surface area contributed by atoms with E-state index in [0.29, 0.717) is 16.5 Å². The van der Waals surface area contributed by atoms with E-state index in [-0.39, 0.29) is 18.3 Å². The van der Waals surface area contributed by atoms with Gasteiger partial charge in [-0.15, -0.1) is 0 Å². The summed E-state index contributed by atoms with van der Waals surface area (Å²) in [6.45, 7) is 2.16. The van der Waals surface area contributed by atoms with Gasteiger partial charge in [0, 0.05) is 29.7 Å². The van der Waals surface area contributed by atoms with E-state index < -0.39 is 5.97 Å². The van der Waals surface area contributed by atoms with Gasteiger partial charge in [0.15, 0.2) is 0 Å². The highest BCUT2D eigenvalue weighted by Crippen LogP contribution is 2.43. The van der Waals surface area contributed by atoms with Crippen LogP contribution in [-0.2, 0) is 6.42 Å². The van der Waals surface area contributed by atoms with Crippen LogP contribution in [0.1, 0.15) is 58.3 Å². The minimum atomic E-state index is -0.934. The normalized spacial score (nSPS) is 17.8. The van der Waals surface area contributed by atoms with Crippen LogP contribution in [0.3, 0.4) is 0 Å². The second-order valence-electron chi connectivity index (χ2n) is 9.91. The first-order chi connectivity index (χ1) is 18.4. The highest BCUT2D eigenvalue weighted by atomic mass is 35.5. The van der Waals surface area contributed by atoms with Crippen molar-refractivity contribution in [1.29, 1.82) is 0 Å². The molecule has 0 unspecified atom stereocenters. The highest BCUT2D eigenvalue weighted by Gasteiger charge is 2.25. The number of rotatable bonds is 8. The molecule has 7 heteroatoms. The van der Waals surface area contributed by atoms with Crippen molar-refractivity contribution in [3.63, 3.8) is 0 Å². The topological polar surface area (TPSA) is 49.8 Å². The Kier molecular flexibility index (Phi) is 8.37. The number of ether oxygens (including phenoxy) is 1. The predicted octanol–water partition coefficient (Wildman–Crippen LogP) is 7.80. The number of hydrogen-bond donors (Lipinski definition) is 1. The van der Waals surface area contributed by atoms with Gasteiger partial charge >= 0.3 is 5.97 Å². The molecule has 0 aromatic heterocycles. The standard InChI is InChI=1S/C31H30Cl2FNO3/c32-23-9-11-27(29(33)18-23)28-7-2-4-20-16-22(31(36)37)8-10-26(20)30(28)21-5-1-6-24(17-21)38-25-12-15-35(19-25)14-3-13-34/h1,5-6,8-11,16-18,25H,2-4,7,12-15,19H2,(H,36,37)/t25-/m0/s1.